The molecule has 0 aliphatic heterocycles. The van der Waals surface area contributed by atoms with Gasteiger partial charge in [-0.1, -0.05) is 42.1 Å². The molecule has 3 aromatic rings. The molecule has 1 heterocycles. The molecule has 1 aromatic heterocycles. The van der Waals surface area contributed by atoms with Gasteiger partial charge in [0.15, 0.2) is 16.8 Å². The van der Waals surface area contributed by atoms with E-state index in [1.807, 2.05) is 25.2 Å². The fraction of sp³-hybridized carbons (Fsp3) is 0.118. The molecule has 0 spiro atoms. The van der Waals surface area contributed by atoms with E-state index in [-0.39, 0.29) is 11.6 Å². The number of ketones is 1. The summed E-state index contributed by atoms with van der Waals surface area (Å²) < 4.78 is 14.8. The molecule has 0 atom stereocenters. The first kappa shape index (κ1) is 15.4. The van der Waals surface area contributed by atoms with Crippen molar-refractivity contribution in [2.75, 3.05) is 5.75 Å². The minimum Gasteiger partial charge on any atom is -0.305 e. The predicted molar refractivity (Wildman–Crippen MR) is 87.9 cm³/mol. The molecule has 0 amide bonds. The molecule has 0 N–H and O–H groups in total. The number of carbonyl (C=O) groups is 1. The van der Waals surface area contributed by atoms with Gasteiger partial charge < -0.3 is 4.57 Å². The number of carbonyl (C=O) groups excluding carboxylic acids is 1. The van der Waals surface area contributed by atoms with Gasteiger partial charge in [-0.3, -0.25) is 4.79 Å². The van der Waals surface area contributed by atoms with Crippen molar-refractivity contribution in [3.05, 3.63) is 66.0 Å². The van der Waals surface area contributed by atoms with Gasteiger partial charge in [0, 0.05) is 18.2 Å². The molecule has 3 rings (SSSR count). The van der Waals surface area contributed by atoms with E-state index in [2.05, 4.69) is 10.2 Å². The van der Waals surface area contributed by atoms with Crippen molar-refractivity contribution in [3.63, 3.8) is 0 Å². The van der Waals surface area contributed by atoms with Crippen molar-refractivity contribution in [3.8, 4) is 11.4 Å². The largest absolute Gasteiger partial charge is 0.305 e. The lowest BCUT2D eigenvalue weighted by Crippen LogP contribution is -2.03. The first-order valence-corrected chi connectivity index (χ1v) is 8.00. The Kier molecular flexibility index (Phi) is 4.52. The molecule has 0 unspecified atom stereocenters. The molecular formula is C17H14FN3OS. The van der Waals surface area contributed by atoms with E-state index in [0.717, 1.165) is 5.56 Å². The molecule has 6 heteroatoms. The van der Waals surface area contributed by atoms with Crippen molar-refractivity contribution in [1.29, 1.82) is 0 Å². The molecule has 0 aliphatic rings. The van der Waals surface area contributed by atoms with Crippen LogP contribution in [0.2, 0.25) is 0 Å². The average Bonchev–Trinajstić information content (AvgIpc) is 2.95. The van der Waals surface area contributed by atoms with E-state index in [1.165, 1.54) is 23.9 Å². The number of rotatable bonds is 5. The van der Waals surface area contributed by atoms with E-state index in [9.17, 15) is 9.18 Å². The fourth-order valence-corrected chi connectivity index (χ4v) is 2.93. The van der Waals surface area contributed by atoms with Crippen LogP contribution < -0.4 is 0 Å². The average molecular weight is 327 g/mol. The standard InChI is InChI=1S/C17H14FN3OS/c1-21-16(13-7-9-14(18)10-8-13)19-20-17(21)23-11-15(22)12-5-3-2-4-6-12/h2-10H,11H2,1H3. The molecular weight excluding hydrogens is 313 g/mol. The zero-order valence-electron chi connectivity index (χ0n) is 12.4. The minimum absolute atomic E-state index is 0.0435. The summed E-state index contributed by atoms with van der Waals surface area (Å²) >= 11 is 1.33. The van der Waals surface area contributed by atoms with Crippen LogP contribution in [0.15, 0.2) is 59.8 Å². The minimum atomic E-state index is -0.293. The van der Waals surface area contributed by atoms with E-state index in [0.29, 0.717) is 22.3 Å². The molecule has 0 saturated heterocycles. The van der Waals surface area contributed by atoms with Gasteiger partial charge in [0.2, 0.25) is 0 Å². The lowest BCUT2D eigenvalue weighted by Gasteiger charge is -2.04. The second-order valence-corrected chi connectivity index (χ2v) is 5.89. The van der Waals surface area contributed by atoms with Crippen LogP contribution in [0, 0.1) is 5.82 Å². The molecule has 2 aromatic carbocycles. The topological polar surface area (TPSA) is 47.8 Å². The third-order valence-corrected chi connectivity index (χ3v) is 4.39. The molecule has 0 bridgehead atoms. The number of hydrogen-bond donors (Lipinski definition) is 0. The normalized spacial score (nSPS) is 10.7. The summed E-state index contributed by atoms with van der Waals surface area (Å²) in [6.45, 7) is 0. The SMILES string of the molecule is Cn1c(SCC(=O)c2ccccc2)nnc1-c1ccc(F)cc1. The number of benzene rings is 2. The Bertz CT molecular complexity index is 816. The summed E-state index contributed by atoms with van der Waals surface area (Å²) in [6, 6.07) is 15.2. The van der Waals surface area contributed by atoms with Gasteiger partial charge in [-0.25, -0.2) is 4.39 Å². The van der Waals surface area contributed by atoms with E-state index in [4.69, 9.17) is 0 Å². The van der Waals surface area contributed by atoms with Crippen LogP contribution in [-0.2, 0) is 7.05 Å². The van der Waals surface area contributed by atoms with E-state index < -0.39 is 0 Å². The monoisotopic (exact) mass is 327 g/mol. The number of thioether (sulfide) groups is 1. The molecule has 116 valence electrons. The van der Waals surface area contributed by atoms with Gasteiger partial charge in [0.1, 0.15) is 5.82 Å². The van der Waals surface area contributed by atoms with Crippen LogP contribution >= 0.6 is 11.8 Å². The third-order valence-electron chi connectivity index (χ3n) is 3.37. The number of aromatic nitrogens is 3. The first-order valence-electron chi connectivity index (χ1n) is 7.01. The maximum Gasteiger partial charge on any atom is 0.191 e. The van der Waals surface area contributed by atoms with Crippen LogP contribution in [0.4, 0.5) is 4.39 Å². The summed E-state index contributed by atoms with van der Waals surface area (Å²) in [5, 5.41) is 8.88. The van der Waals surface area contributed by atoms with Gasteiger partial charge in [0.05, 0.1) is 5.75 Å². The second kappa shape index (κ2) is 6.75. The Hall–Kier alpha value is -2.47. The highest BCUT2D eigenvalue weighted by atomic mass is 32.2. The van der Waals surface area contributed by atoms with Gasteiger partial charge in [-0.05, 0) is 24.3 Å². The van der Waals surface area contributed by atoms with Crippen molar-refractivity contribution >= 4 is 17.5 Å². The molecule has 4 nitrogen and oxygen atoms in total. The summed E-state index contributed by atoms with van der Waals surface area (Å²) in [5.41, 5.74) is 1.46. The maximum atomic E-state index is 13.0. The van der Waals surface area contributed by atoms with Crippen molar-refractivity contribution in [1.82, 2.24) is 14.8 Å². The molecule has 0 fully saturated rings. The van der Waals surface area contributed by atoms with Crippen LogP contribution in [0.3, 0.4) is 0 Å². The van der Waals surface area contributed by atoms with E-state index in [1.54, 1.807) is 28.8 Å². The third kappa shape index (κ3) is 3.48. The molecule has 0 saturated carbocycles. The van der Waals surface area contributed by atoms with Gasteiger partial charge in [-0.2, -0.15) is 0 Å². The highest BCUT2D eigenvalue weighted by Crippen LogP contribution is 2.23. The van der Waals surface area contributed by atoms with Gasteiger partial charge in [-0.15, -0.1) is 10.2 Å². The molecule has 0 radical (unpaired) electrons. The number of hydrogen-bond acceptors (Lipinski definition) is 4. The zero-order chi connectivity index (χ0) is 16.2. The maximum absolute atomic E-state index is 13.0. The van der Waals surface area contributed by atoms with Crippen LogP contribution in [-0.4, -0.2) is 26.3 Å². The number of halogens is 1. The quantitative estimate of drug-likeness (QED) is 0.531. The summed E-state index contributed by atoms with van der Waals surface area (Å²) in [6.07, 6.45) is 0. The smallest absolute Gasteiger partial charge is 0.191 e. The lowest BCUT2D eigenvalue weighted by atomic mass is 10.2. The zero-order valence-corrected chi connectivity index (χ0v) is 13.3. The highest BCUT2D eigenvalue weighted by Gasteiger charge is 2.13. The predicted octanol–water partition coefficient (Wildman–Crippen LogP) is 3.60. The van der Waals surface area contributed by atoms with Crippen molar-refractivity contribution < 1.29 is 9.18 Å². The fourth-order valence-electron chi connectivity index (χ4n) is 2.13. The lowest BCUT2D eigenvalue weighted by molar-refractivity contribution is 0.102. The van der Waals surface area contributed by atoms with Crippen molar-refractivity contribution in [2.24, 2.45) is 7.05 Å². The van der Waals surface area contributed by atoms with Gasteiger partial charge in [0.25, 0.3) is 0 Å². The Morgan fingerprint density at radius 2 is 1.78 bits per heavy atom. The number of Topliss-reactive ketones (excluding diaryl/α,β-unsaturated/α-hetero) is 1. The molecule has 0 aliphatic carbocycles. The van der Waals surface area contributed by atoms with Gasteiger partial charge >= 0.3 is 0 Å². The summed E-state index contributed by atoms with van der Waals surface area (Å²) in [5.74, 6) is 0.680. The Morgan fingerprint density at radius 1 is 1.09 bits per heavy atom. The van der Waals surface area contributed by atoms with E-state index >= 15 is 0 Å². The molecule has 23 heavy (non-hydrogen) atoms. The first-order chi connectivity index (χ1) is 11.1. The number of nitrogens with zero attached hydrogens (tertiary/aromatic N) is 3. The summed E-state index contributed by atoms with van der Waals surface area (Å²) in [7, 11) is 1.83. The van der Waals surface area contributed by atoms with Crippen LogP contribution in [0.25, 0.3) is 11.4 Å². The Labute approximate surface area is 137 Å². The second-order valence-electron chi connectivity index (χ2n) is 4.95. The van der Waals surface area contributed by atoms with Crippen LogP contribution in [0.1, 0.15) is 10.4 Å². The Balaban J connectivity index is 1.72. The van der Waals surface area contributed by atoms with Crippen molar-refractivity contribution in [2.45, 2.75) is 5.16 Å². The summed E-state index contributed by atoms with van der Waals surface area (Å²) in [4.78, 5) is 12.1. The highest BCUT2D eigenvalue weighted by molar-refractivity contribution is 7.99. The van der Waals surface area contributed by atoms with Crippen LogP contribution in [0.5, 0.6) is 0 Å². The Morgan fingerprint density at radius 3 is 2.48 bits per heavy atom.